The Kier molecular flexibility index (Phi) is 8.31. The van der Waals surface area contributed by atoms with Gasteiger partial charge in [0.25, 0.3) is 0 Å². The van der Waals surface area contributed by atoms with Gasteiger partial charge in [0.1, 0.15) is 16.8 Å². The van der Waals surface area contributed by atoms with Gasteiger partial charge in [-0.1, -0.05) is 12.1 Å². The van der Waals surface area contributed by atoms with E-state index in [1.54, 1.807) is 59.7 Å². The lowest BCUT2D eigenvalue weighted by Gasteiger charge is -2.19. The number of carbonyl (C=O) groups excluding carboxylic acids is 3. The Morgan fingerprint density at radius 1 is 1.00 bits per heavy atom. The van der Waals surface area contributed by atoms with Crippen LogP contribution in [0.15, 0.2) is 24.3 Å². The summed E-state index contributed by atoms with van der Waals surface area (Å²) in [7, 11) is 0. The zero-order chi connectivity index (χ0) is 21.5. The third kappa shape index (κ3) is 8.62. The quantitative estimate of drug-likeness (QED) is 0.128. The molecule has 1 rings (SSSR count). The van der Waals surface area contributed by atoms with Crippen molar-refractivity contribution < 1.29 is 54.6 Å². The van der Waals surface area contributed by atoms with E-state index in [1.807, 2.05) is 0 Å². The Bertz CT molecular complexity index is 801. The number of benzene rings is 1. The first-order valence-electron chi connectivity index (χ1n) is 8.40. The molecule has 0 saturated heterocycles. The molecule has 0 unspecified atom stereocenters. The number of rotatable bonds is 6. The summed E-state index contributed by atoms with van der Waals surface area (Å²) in [4.78, 5) is 39.3. The molecule has 8 nitrogen and oxygen atoms in total. The molecular formula is C19H24IN2O6+. The first-order valence-corrected chi connectivity index (χ1v) is 10.6. The molecule has 0 spiro atoms. The van der Waals surface area contributed by atoms with Gasteiger partial charge >= 0.3 is 42.8 Å². The summed E-state index contributed by atoms with van der Waals surface area (Å²) in [6.45, 7) is 9.67. The van der Waals surface area contributed by atoms with E-state index in [9.17, 15) is 19.9 Å². The molecule has 0 saturated carbocycles. The van der Waals surface area contributed by atoms with Crippen molar-refractivity contribution in [3.05, 3.63) is 38.9 Å². The van der Waals surface area contributed by atoms with E-state index in [0.29, 0.717) is 3.57 Å². The topological polar surface area (TPSA) is 115 Å². The normalized spacial score (nSPS) is 11.2. The Hall–Kier alpha value is -2.26. The van der Waals surface area contributed by atoms with Crippen LogP contribution in [-0.2, 0) is 23.8 Å². The van der Waals surface area contributed by atoms with Gasteiger partial charge in [0.2, 0.25) is 3.57 Å². The van der Waals surface area contributed by atoms with Gasteiger partial charge in [0, 0.05) is 0 Å². The van der Waals surface area contributed by atoms with Crippen molar-refractivity contribution in [2.24, 2.45) is 0 Å². The highest BCUT2D eigenvalue weighted by Crippen LogP contribution is 2.08. The minimum Gasteiger partial charge on any atom is -0.457 e. The van der Waals surface area contributed by atoms with Gasteiger partial charge in [0.05, 0.1) is 0 Å². The summed E-state index contributed by atoms with van der Waals surface area (Å²) in [6, 6.07) is 6.45. The average Bonchev–Trinajstić information content (AvgIpc) is 2.54. The van der Waals surface area contributed by atoms with Gasteiger partial charge in [-0.3, -0.25) is 0 Å². The maximum Gasteiger partial charge on any atom is 0.603 e. The lowest BCUT2D eigenvalue weighted by Crippen LogP contribution is -3.65. The Labute approximate surface area is 174 Å². The van der Waals surface area contributed by atoms with Crippen LogP contribution in [0, 0.1) is 3.57 Å². The van der Waals surface area contributed by atoms with Crippen LogP contribution in [0.25, 0.3) is 5.53 Å². The third-order valence-electron chi connectivity index (χ3n) is 2.68. The third-order valence-corrected chi connectivity index (χ3v) is 5.37. The van der Waals surface area contributed by atoms with Crippen LogP contribution in [0.2, 0.25) is 0 Å². The molecule has 0 fully saturated rings. The summed E-state index contributed by atoms with van der Waals surface area (Å²) in [5.41, 5.74) is 7.95. The highest BCUT2D eigenvalue weighted by molar-refractivity contribution is 6.28. The number of nitrogens with zero attached hydrogens (tertiary/aromatic N) is 2. The van der Waals surface area contributed by atoms with Crippen molar-refractivity contribution in [1.82, 2.24) is 0 Å². The van der Waals surface area contributed by atoms with Gasteiger partial charge in [-0.05, 0) is 53.7 Å². The zero-order valence-corrected chi connectivity index (χ0v) is 18.9. The fourth-order valence-corrected chi connectivity index (χ4v) is 3.86. The fraction of sp³-hybridized carbons (Fsp3) is 0.474. The van der Waals surface area contributed by atoms with Gasteiger partial charge < -0.3 is 19.7 Å². The predicted octanol–water partition coefficient (Wildman–Crippen LogP) is -0.586. The molecule has 1 aromatic carbocycles. The Morgan fingerprint density at radius 2 is 1.57 bits per heavy atom. The van der Waals surface area contributed by atoms with Crippen molar-refractivity contribution >= 4 is 21.6 Å². The standard InChI is InChI=1S/C19H24IN2O6/c1-18(2,3)27-14(23)11-26-16(24)12-9-7-8-10-13(12)20-15(22-21)17(25)28-19(4,5)6/h7-10H,11H2,1-6H3/q+1. The Morgan fingerprint density at radius 3 is 2.11 bits per heavy atom. The minimum absolute atomic E-state index is 0.152. The van der Waals surface area contributed by atoms with Crippen LogP contribution in [-0.4, -0.2) is 44.2 Å². The molecule has 0 amide bonds. The molecule has 0 radical (unpaired) electrons. The van der Waals surface area contributed by atoms with Crippen LogP contribution in [0.3, 0.4) is 0 Å². The molecule has 152 valence electrons. The second kappa shape index (κ2) is 9.79. The fourth-order valence-electron chi connectivity index (χ4n) is 1.80. The number of hydrogen-bond donors (Lipinski definition) is 0. The summed E-state index contributed by atoms with van der Waals surface area (Å²) in [6.07, 6.45) is 0. The van der Waals surface area contributed by atoms with Crippen molar-refractivity contribution in [2.75, 3.05) is 6.61 Å². The van der Waals surface area contributed by atoms with E-state index >= 15 is 0 Å². The molecule has 0 atom stereocenters. The smallest absolute Gasteiger partial charge is 0.457 e. The van der Waals surface area contributed by atoms with Gasteiger partial charge in [-0.15, -0.1) is 4.79 Å². The second-order valence-electron chi connectivity index (χ2n) is 7.63. The molecule has 0 bridgehead atoms. The molecule has 9 heteroatoms. The summed E-state index contributed by atoms with van der Waals surface area (Å²) >= 11 is -1.33. The van der Waals surface area contributed by atoms with E-state index in [1.165, 1.54) is 6.07 Å². The molecular weight excluding hydrogens is 479 g/mol. The van der Waals surface area contributed by atoms with Crippen molar-refractivity contribution in [1.29, 1.82) is 0 Å². The first-order chi connectivity index (χ1) is 12.8. The molecule has 0 aliphatic heterocycles. The largest absolute Gasteiger partial charge is 0.603 e. The minimum atomic E-state index is -1.33. The lowest BCUT2D eigenvalue weighted by molar-refractivity contribution is -0.527. The number of ether oxygens (including phenoxy) is 3. The highest BCUT2D eigenvalue weighted by atomic mass is 127. The highest BCUT2D eigenvalue weighted by Gasteiger charge is 2.44. The van der Waals surface area contributed by atoms with Gasteiger partial charge in [-0.25, -0.2) is 14.4 Å². The number of carbonyl (C=O) groups is 3. The number of hydrogen-bond acceptors (Lipinski definition) is 6. The monoisotopic (exact) mass is 503 g/mol. The van der Waals surface area contributed by atoms with Crippen molar-refractivity contribution in [2.45, 2.75) is 52.7 Å². The van der Waals surface area contributed by atoms with Crippen LogP contribution >= 0.6 is 0 Å². The average molecular weight is 503 g/mol. The molecule has 0 N–H and O–H groups in total. The summed E-state index contributed by atoms with van der Waals surface area (Å²) in [5.74, 6) is -2.15. The van der Waals surface area contributed by atoms with Gasteiger partial charge in [0.15, 0.2) is 6.61 Å². The predicted molar refractivity (Wildman–Crippen MR) is 95.7 cm³/mol. The maximum absolute atomic E-state index is 12.4. The van der Waals surface area contributed by atoms with Crippen molar-refractivity contribution in [3.8, 4) is 0 Å². The Balaban J connectivity index is 2.89. The number of halogens is 1. The lowest BCUT2D eigenvalue weighted by atomic mass is 10.2. The van der Waals surface area contributed by atoms with E-state index < -0.39 is 56.9 Å². The zero-order valence-electron chi connectivity index (χ0n) is 16.7. The maximum atomic E-state index is 12.4. The van der Waals surface area contributed by atoms with Gasteiger partial charge in [-0.2, -0.15) is 0 Å². The molecule has 28 heavy (non-hydrogen) atoms. The van der Waals surface area contributed by atoms with Crippen molar-refractivity contribution in [3.63, 3.8) is 0 Å². The summed E-state index contributed by atoms with van der Waals surface area (Å²) < 4.78 is 15.7. The molecule has 0 heterocycles. The second-order valence-corrected chi connectivity index (χ2v) is 10.4. The van der Waals surface area contributed by atoms with Crippen LogP contribution in [0.4, 0.5) is 0 Å². The molecule has 0 aromatic heterocycles. The van der Waals surface area contributed by atoms with Crippen LogP contribution in [0.1, 0.15) is 51.9 Å². The molecule has 1 aromatic rings. The molecule has 0 aliphatic carbocycles. The first kappa shape index (κ1) is 23.8. The van der Waals surface area contributed by atoms with Crippen LogP contribution < -0.4 is 21.2 Å². The van der Waals surface area contributed by atoms with Crippen LogP contribution in [0.5, 0.6) is 0 Å². The van der Waals surface area contributed by atoms with E-state index in [0.717, 1.165) is 0 Å². The van der Waals surface area contributed by atoms with E-state index in [4.69, 9.17) is 14.2 Å². The molecule has 0 aliphatic rings. The number of esters is 3. The van der Waals surface area contributed by atoms with E-state index in [-0.39, 0.29) is 9.28 Å². The summed E-state index contributed by atoms with van der Waals surface area (Å²) in [5, 5.41) is 0. The van der Waals surface area contributed by atoms with E-state index in [2.05, 4.69) is 4.79 Å². The SMILES string of the molecule is CC(C)(C)OC(=O)COC(=O)c1ccccc1[I+]C(=[N+]=[N-])C(=O)OC(C)(C)C.